The number of anilines is 1. The number of halogens is 2. The highest BCUT2D eigenvalue weighted by atomic mass is 35.5. The molecule has 0 aliphatic heterocycles. The molecule has 3 aromatic rings. The number of nitrogens with one attached hydrogen (secondary N) is 1. The van der Waals surface area contributed by atoms with E-state index in [-0.39, 0.29) is 17.8 Å². The standard InChI is InChI=1S/C15H9Cl2N3O2S/c16-10-6-9(7-11(17)8-10)14-19-20-15(22-14)18-13(21)4-3-12-2-1-5-23-12/h1-8H,(H,18,20,21). The molecule has 8 heteroatoms. The van der Waals surface area contributed by atoms with Crippen LogP contribution in [0.4, 0.5) is 6.01 Å². The highest BCUT2D eigenvalue weighted by molar-refractivity contribution is 7.10. The maximum absolute atomic E-state index is 11.8. The van der Waals surface area contributed by atoms with Crippen LogP contribution >= 0.6 is 34.5 Å². The number of aromatic nitrogens is 2. The molecule has 23 heavy (non-hydrogen) atoms. The number of hydrogen-bond donors (Lipinski definition) is 1. The molecule has 0 atom stereocenters. The molecule has 3 rings (SSSR count). The first-order valence-electron chi connectivity index (χ1n) is 6.43. The van der Waals surface area contributed by atoms with Gasteiger partial charge in [0.05, 0.1) is 0 Å². The predicted molar refractivity (Wildman–Crippen MR) is 91.7 cm³/mol. The van der Waals surface area contributed by atoms with Gasteiger partial charge in [0.2, 0.25) is 5.89 Å². The summed E-state index contributed by atoms with van der Waals surface area (Å²) in [5.41, 5.74) is 0.574. The fraction of sp³-hybridized carbons (Fsp3) is 0. The van der Waals surface area contributed by atoms with Gasteiger partial charge in [-0.05, 0) is 35.7 Å². The van der Waals surface area contributed by atoms with Gasteiger partial charge in [-0.1, -0.05) is 34.4 Å². The van der Waals surface area contributed by atoms with Crippen molar-refractivity contribution in [1.82, 2.24) is 10.2 Å². The molecule has 0 aliphatic rings. The maximum atomic E-state index is 11.8. The number of benzene rings is 1. The molecule has 1 amide bonds. The average molecular weight is 366 g/mol. The lowest BCUT2D eigenvalue weighted by molar-refractivity contribution is -0.112. The maximum Gasteiger partial charge on any atom is 0.322 e. The zero-order chi connectivity index (χ0) is 16.2. The van der Waals surface area contributed by atoms with Crippen molar-refractivity contribution in [1.29, 1.82) is 0 Å². The number of hydrogen-bond acceptors (Lipinski definition) is 5. The third-order valence-corrected chi connectivity index (χ3v) is 3.98. The Labute approximate surface area is 145 Å². The van der Waals surface area contributed by atoms with E-state index in [0.717, 1.165) is 4.88 Å². The highest BCUT2D eigenvalue weighted by Gasteiger charge is 2.11. The number of carbonyl (C=O) groups excluding carboxylic acids is 1. The van der Waals surface area contributed by atoms with Gasteiger partial charge in [0, 0.05) is 26.6 Å². The fourth-order valence-electron chi connectivity index (χ4n) is 1.76. The van der Waals surface area contributed by atoms with Crippen LogP contribution in [0.1, 0.15) is 4.88 Å². The molecule has 0 radical (unpaired) electrons. The van der Waals surface area contributed by atoms with Gasteiger partial charge in [-0.2, -0.15) is 0 Å². The number of carbonyl (C=O) groups is 1. The van der Waals surface area contributed by atoms with E-state index in [2.05, 4.69) is 15.5 Å². The van der Waals surface area contributed by atoms with Crippen LogP contribution in [-0.2, 0) is 4.79 Å². The summed E-state index contributed by atoms with van der Waals surface area (Å²) in [5.74, 6) is -0.148. The quantitative estimate of drug-likeness (QED) is 0.676. The molecule has 0 aliphatic carbocycles. The lowest BCUT2D eigenvalue weighted by Crippen LogP contribution is -2.07. The van der Waals surface area contributed by atoms with Crippen LogP contribution < -0.4 is 5.32 Å². The summed E-state index contributed by atoms with van der Waals surface area (Å²) < 4.78 is 5.38. The first-order valence-corrected chi connectivity index (χ1v) is 8.06. The molecule has 0 unspecified atom stereocenters. The summed E-state index contributed by atoms with van der Waals surface area (Å²) >= 11 is 13.4. The second-order valence-electron chi connectivity index (χ2n) is 4.41. The molecule has 0 saturated carbocycles. The summed E-state index contributed by atoms with van der Waals surface area (Å²) in [6.45, 7) is 0. The molecule has 5 nitrogen and oxygen atoms in total. The molecule has 116 valence electrons. The average Bonchev–Trinajstić information content (AvgIpc) is 3.15. The van der Waals surface area contributed by atoms with Crippen molar-refractivity contribution >= 4 is 52.5 Å². The van der Waals surface area contributed by atoms with E-state index in [0.29, 0.717) is 15.6 Å². The monoisotopic (exact) mass is 365 g/mol. The summed E-state index contributed by atoms with van der Waals surface area (Å²) in [5, 5.41) is 13.0. The van der Waals surface area contributed by atoms with Gasteiger partial charge < -0.3 is 4.42 Å². The van der Waals surface area contributed by atoms with Gasteiger partial charge in [0.1, 0.15) is 0 Å². The highest BCUT2D eigenvalue weighted by Crippen LogP contribution is 2.27. The van der Waals surface area contributed by atoms with Crippen LogP contribution in [0.15, 0.2) is 46.2 Å². The topological polar surface area (TPSA) is 68.0 Å². The third-order valence-electron chi connectivity index (χ3n) is 2.71. The molecule has 1 aromatic carbocycles. The van der Waals surface area contributed by atoms with Gasteiger partial charge in [-0.3, -0.25) is 10.1 Å². The van der Waals surface area contributed by atoms with Crippen molar-refractivity contribution in [3.05, 3.63) is 56.7 Å². The van der Waals surface area contributed by atoms with E-state index in [1.54, 1.807) is 24.3 Å². The van der Waals surface area contributed by atoms with Crippen molar-refractivity contribution in [2.45, 2.75) is 0 Å². The van der Waals surface area contributed by atoms with Crippen molar-refractivity contribution in [3.8, 4) is 11.5 Å². The van der Waals surface area contributed by atoms with Gasteiger partial charge >= 0.3 is 6.01 Å². The van der Waals surface area contributed by atoms with Crippen LogP contribution in [0.2, 0.25) is 10.0 Å². The largest absolute Gasteiger partial charge is 0.403 e. The zero-order valence-corrected chi connectivity index (χ0v) is 13.8. The normalized spacial score (nSPS) is 11.0. The molecule has 0 fully saturated rings. The molecular formula is C15H9Cl2N3O2S. The second kappa shape index (κ2) is 6.95. The van der Waals surface area contributed by atoms with Gasteiger partial charge in [-0.25, -0.2) is 0 Å². The fourth-order valence-corrected chi connectivity index (χ4v) is 2.90. The Morgan fingerprint density at radius 1 is 1.22 bits per heavy atom. The van der Waals surface area contributed by atoms with Gasteiger partial charge in [0.25, 0.3) is 5.91 Å². The van der Waals surface area contributed by atoms with Crippen molar-refractivity contribution in [2.24, 2.45) is 0 Å². The Kier molecular flexibility index (Phi) is 4.76. The van der Waals surface area contributed by atoms with Crippen molar-refractivity contribution in [2.75, 3.05) is 5.32 Å². The van der Waals surface area contributed by atoms with E-state index in [1.807, 2.05) is 17.5 Å². The van der Waals surface area contributed by atoms with E-state index in [4.69, 9.17) is 27.6 Å². The van der Waals surface area contributed by atoms with Crippen LogP contribution in [0.3, 0.4) is 0 Å². The molecule has 0 spiro atoms. The Hall–Kier alpha value is -2.15. The zero-order valence-electron chi connectivity index (χ0n) is 11.5. The Balaban J connectivity index is 1.70. The van der Waals surface area contributed by atoms with E-state index in [9.17, 15) is 4.79 Å². The number of amides is 1. The minimum absolute atomic E-state index is 0.00284. The van der Waals surface area contributed by atoms with Crippen LogP contribution in [0.25, 0.3) is 17.5 Å². The molecule has 1 N–H and O–H groups in total. The van der Waals surface area contributed by atoms with Crippen LogP contribution in [-0.4, -0.2) is 16.1 Å². The summed E-state index contributed by atoms with van der Waals surface area (Å²) in [6, 6.07) is 8.69. The van der Waals surface area contributed by atoms with Gasteiger partial charge in [0.15, 0.2) is 0 Å². The smallest absolute Gasteiger partial charge is 0.322 e. The minimum Gasteiger partial charge on any atom is -0.403 e. The lowest BCUT2D eigenvalue weighted by Gasteiger charge is -1.98. The lowest BCUT2D eigenvalue weighted by atomic mass is 10.2. The molecular weight excluding hydrogens is 357 g/mol. The molecule has 0 saturated heterocycles. The van der Waals surface area contributed by atoms with E-state index < -0.39 is 0 Å². The van der Waals surface area contributed by atoms with Crippen LogP contribution in [0.5, 0.6) is 0 Å². The predicted octanol–water partition coefficient (Wildman–Crippen LogP) is 4.76. The SMILES string of the molecule is O=C(C=Cc1cccs1)Nc1nnc(-c2cc(Cl)cc(Cl)c2)o1. The number of nitrogens with zero attached hydrogens (tertiary/aromatic N) is 2. The minimum atomic E-state index is -0.363. The van der Waals surface area contributed by atoms with E-state index >= 15 is 0 Å². The Morgan fingerprint density at radius 3 is 2.70 bits per heavy atom. The molecule has 2 heterocycles. The van der Waals surface area contributed by atoms with Crippen LogP contribution in [0, 0.1) is 0 Å². The van der Waals surface area contributed by atoms with Crippen molar-refractivity contribution in [3.63, 3.8) is 0 Å². The van der Waals surface area contributed by atoms with Crippen molar-refractivity contribution < 1.29 is 9.21 Å². The number of thiophene rings is 1. The molecule has 2 aromatic heterocycles. The number of rotatable bonds is 4. The Bertz CT molecular complexity index is 839. The summed E-state index contributed by atoms with van der Waals surface area (Å²) in [7, 11) is 0. The third kappa shape index (κ3) is 4.19. The van der Waals surface area contributed by atoms with Gasteiger partial charge in [-0.15, -0.1) is 16.4 Å². The first kappa shape index (κ1) is 15.7. The second-order valence-corrected chi connectivity index (χ2v) is 6.26. The first-order chi connectivity index (χ1) is 11.1. The Morgan fingerprint density at radius 2 is 2.00 bits per heavy atom. The molecule has 0 bridgehead atoms. The summed E-state index contributed by atoms with van der Waals surface area (Å²) in [6.07, 6.45) is 3.10. The summed E-state index contributed by atoms with van der Waals surface area (Å²) in [4.78, 5) is 12.8. The van der Waals surface area contributed by atoms with E-state index in [1.165, 1.54) is 17.4 Å².